The van der Waals surface area contributed by atoms with E-state index in [-0.39, 0.29) is 40.8 Å². The number of carboxylic acid groups (broad SMARTS) is 1. The summed E-state index contributed by atoms with van der Waals surface area (Å²) in [6.45, 7) is -0.324. The van der Waals surface area contributed by atoms with Gasteiger partial charge in [-0.15, -0.1) is 11.3 Å². The van der Waals surface area contributed by atoms with E-state index >= 15 is 0 Å². The molecule has 16 heteroatoms. The zero-order valence-electron chi connectivity index (χ0n) is 28.5. The van der Waals surface area contributed by atoms with Crippen LogP contribution in [0, 0.1) is 5.21 Å². The van der Waals surface area contributed by atoms with Crippen molar-refractivity contribution in [3.8, 4) is 5.75 Å². The fourth-order valence-corrected chi connectivity index (χ4v) is 8.96. The Morgan fingerprint density at radius 1 is 1.02 bits per heavy atom. The maximum atomic E-state index is 13.8. The fraction of sp³-hybridized carbons (Fsp3) is 0.158. The number of carbonyl (C=O) groups is 3. The van der Waals surface area contributed by atoms with E-state index in [9.17, 15) is 28.9 Å². The van der Waals surface area contributed by atoms with Crippen molar-refractivity contribution < 1.29 is 38.0 Å². The smallest absolute Gasteiger partial charge is 0.352 e. The van der Waals surface area contributed by atoms with Gasteiger partial charge in [-0.3, -0.25) is 18.7 Å². The summed E-state index contributed by atoms with van der Waals surface area (Å²) in [4.78, 5) is 50.2. The Morgan fingerprint density at radius 2 is 1.63 bits per heavy atom. The van der Waals surface area contributed by atoms with Crippen LogP contribution < -0.4 is 20.1 Å². The van der Waals surface area contributed by atoms with E-state index in [2.05, 4.69) is 15.8 Å². The molecule has 0 saturated carbocycles. The molecule has 5 aromatic rings. The van der Waals surface area contributed by atoms with Crippen LogP contribution in [0.4, 0.5) is 5.13 Å². The van der Waals surface area contributed by atoms with Crippen LogP contribution in [-0.4, -0.2) is 73.6 Å². The van der Waals surface area contributed by atoms with Crippen LogP contribution in [-0.2, 0) is 35.6 Å². The molecule has 0 bridgehead atoms. The number of oxime groups is 1. The summed E-state index contributed by atoms with van der Waals surface area (Å²) in [6, 6.07) is 31.3. The van der Waals surface area contributed by atoms with Gasteiger partial charge in [0.1, 0.15) is 42.1 Å². The summed E-state index contributed by atoms with van der Waals surface area (Å²) >= 11 is 1.23. The SMILES string of the molecule is CO/N=C(\C(=O)N[C@@H]1C(=O)N2C(C(=O)O)=C(COc3ccc[n+]([O-])c3)CS(=O)[C@H]12)c1csc(NC(c2ccccc2)(c2ccccc2)c2ccccc2)n1. The van der Waals surface area contributed by atoms with Crippen LogP contribution in [0.1, 0.15) is 22.4 Å². The molecule has 2 amide bonds. The summed E-state index contributed by atoms with van der Waals surface area (Å²) in [5.74, 6) is -3.12. The van der Waals surface area contributed by atoms with Gasteiger partial charge in [0.2, 0.25) is 6.20 Å². The molecule has 1 saturated heterocycles. The van der Waals surface area contributed by atoms with Gasteiger partial charge >= 0.3 is 5.97 Å². The number of amides is 2. The van der Waals surface area contributed by atoms with E-state index in [1.54, 1.807) is 5.38 Å². The lowest BCUT2D eigenvalue weighted by Gasteiger charge is -2.48. The number of benzene rings is 3. The van der Waals surface area contributed by atoms with Crippen molar-refractivity contribution >= 4 is 50.8 Å². The zero-order chi connectivity index (χ0) is 37.8. The van der Waals surface area contributed by atoms with E-state index in [1.807, 2.05) is 91.0 Å². The van der Waals surface area contributed by atoms with Crippen LogP contribution in [0.5, 0.6) is 5.75 Å². The normalized spacial score (nSPS) is 18.3. The largest absolute Gasteiger partial charge is 0.619 e. The summed E-state index contributed by atoms with van der Waals surface area (Å²) in [7, 11) is -0.561. The Hall–Kier alpha value is -6.39. The van der Waals surface area contributed by atoms with Gasteiger partial charge in [0.25, 0.3) is 11.8 Å². The molecule has 0 spiro atoms. The van der Waals surface area contributed by atoms with E-state index in [0.717, 1.165) is 27.8 Å². The number of anilines is 1. The molecule has 1 fully saturated rings. The highest BCUT2D eigenvalue weighted by atomic mass is 32.2. The molecule has 3 N–H and O–H groups in total. The van der Waals surface area contributed by atoms with Crippen molar-refractivity contribution in [3.63, 3.8) is 0 Å². The van der Waals surface area contributed by atoms with Crippen LogP contribution >= 0.6 is 11.3 Å². The molecular formula is C38H32N6O8S2. The first-order chi connectivity index (χ1) is 26.2. The van der Waals surface area contributed by atoms with Crippen molar-refractivity contribution in [2.75, 3.05) is 24.8 Å². The van der Waals surface area contributed by atoms with Gasteiger partial charge in [0, 0.05) is 17.0 Å². The number of fused-ring (bicyclic) bond motifs is 1. The fourth-order valence-electron chi connectivity index (χ4n) is 6.54. The molecule has 0 aliphatic carbocycles. The van der Waals surface area contributed by atoms with Gasteiger partial charge in [0.05, 0.1) is 16.6 Å². The number of carbonyl (C=O) groups excluding carboxylic acids is 2. The summed E-state index contributed by atoms with van der Waals surface area (Å²) in [6.07, 6.45) is 2.40. The average molecular weight is 765 g/mol. The summed E-state index contributed by atoms with van der Waals surface area (Å²) < 4.78 is 19.5. The van der Waals surface area contributed by atoms with Crippen LogP contribution in [0.3, 0.4) is 0 Å². The zero-order valence-corrected chi connectivity index (χ0v) is 30.2. The van der Waals surface area contributed by atoms with Gasteiger partial charge in [0.15, 0.2) is 22.8 Å². The number of ether oxygens (including phenoxy) is 1. The maximum Gasteiger partial charge on any atom is 0.352 e. The van der Waals surface area contributed by atoms with E-state index < -0.39 is 45.5 Å². The molecule has 54 heavy (non-hydrogen) atoms. The number of nitrogens with one attached hydrogen (secondary N) is 2. The lowest BCUT2D eigenvalue weighted by molar-refractivity contribution is -0.605. The second-order valence-corrected chi connectivity index (χ2v) is 14.5. The molecule has 2 aromatic heterocycles. The van der Waals surface area contributed by atoms with Crippen LogP contribution in [0.25, 0.3) is 0 Å². The standard InChI is InChI=1S/C38H32N6O8S2/c1-51-42-30(33(45)40-31-34(46)44-32(36(47)48)24(23-54(50)35(31)44)21-52-28-18-11-19-43(49)20-28)29-22-53-37(39-29)41-38(25-12-5-2-6-13-25,26-14-7-3-8-15-26)27-16-9-4-10-17-27/h2-20,22,31,35H,21,23H2,1H3,(H,39,41)(H,40,45)(H,47,48)/b42-30-/t31-,35-,54?/m1/s1. The van der Waals surface area contributed by atoms with E-state index in [0.29, 0.717) is 9.86 Å². The minimum atomic E-state index is -1.82. The first-order valence-corrected chi connectivity index (χ1v) is 18.8. The Morgan fingerprint density at radius 3 is 2.19 bits per heavy atom. The van der Waals surface area contributed by atoms with Gasteiger partial charge < -0.3 is 30.5 Å². The minimum absolute atomic E-state index is 0.0956. The third-order valence-electron chi connectivity index (χ3n) is 8.91. The molecule has 0 radical (unpaired) electrons. The molecule has 2 aliphatic heterocycles. The topological polar surface area (TPSA) is 186 Å². The average Bonchev–Trinajstić information content (AvgIpc) is 3.65. The molecule has 7 rings (SSSR count). The van der Waals surface area contributed by atoms with Gasteiger partial charge in [-0.05, 0) is 22.8 Å². The van der Waals surface area contributed by atoms with Gasteiger partial charge in [-0.2, -0.15) is 4.73 Å². The highest BCUT2D eigenvalue weighted by molar-refractivity contribution is 7.86. The number of aromatic nitrogens is 2. The number of rotatable bonds is 13. The predicted octanol–water partition coefficient (Wildman–Crippen LogP) is 3.36. The molecular weight excluding hydrogens is 733 g/mol. The van der Waals surface area contributed by atoms with Crippen molar-refractivity contribution in [1.29, 1.82) is 0 Å². The predicted molar refractivity (Wildman–Crippen MR) is 200 cm³/mol. The molecule has 3 aromatic carbocycles. The minimum Gasteiger partial charge on any atom is -0.619 e. The van der Waals surface area contributed by atoms with Crippen molar-refractivity contribution in [3.05, 3.63) is 160 Å². The van der Waals surface area contributed by atoms with Crippen molar-refractivity contribution in [2.24, 2.45) is 5.16 Å². The molecule has 14 nitrogen and oxygen atoms in total. The van der Waals surface area contributed by atoms with Crippen LogP contribution in [0.2, 0.25) is 0 Å². The Bertz CT molecular complexity index is 2190. The number of hydrogen-bond acceptors (Lipinski definition) is 11. The Kier molecular flexibility index (Phi) is 10.2. The first kappa shape index (κ1) is 36.0. The highest BCUT2D eigenvalue weighted by Crippen LogP contribution is 2.41. The Balaban J connectivity index is 1.14. The summed E-state index contributed by atoms with van der Waals surface area (Å²) in [5, 5.41) is 32.7. The van der Waals surface area contributed by atoms with Crippen molar-refractivity contribution in [2.45, 2.75) is 17.0 Å². The third kappa shape index (κ3) is 6.79. The highest BCUT2D eigenvalue weighted by Gasteiger charge is 2.57. The molecule has 1 unspecified atom stereocenters. The third-order valence-corrected chi connectivity index (χ3v) is 11.3. The maximum absolute atomic E-state index is 13.8. The Labute approximate surface area is 315 Å². The second-order valence-electron chi connectivity index (χ2n) is 12.2. The quantitative estimate of drug-likeness (QED) is 0.0401. The number of pyridine rings is 1. The lowest BCUT2D eigenvalue weighted by Crippen LogP contribution is -2.74. The molecule has 3 atom stereocenters. The molecule has 2 aliphatic rings. The number of carboxylic acids is 1. The van der Waals surface area contributed by atoms with E-state index in [1.165, 1.54) is 36.8 Å². The van der Waals surface area contributed by atoms with Gasteiger partial charge in [-0.1, -0.05) is 96.2 Å². The molecule has 4 heterocycles. The first-order valence-electron chi connectivity index (χ1n) is 16.5. The van der Waals surface area contributed by atoms with Gasteiger partial charge in [-0.25, -0.2) is 9.78 Å². The number of hydrogen-bond donors (Lipinski definition) is 3. The van der Waals surface area contributed by atoms with Crippen LogP contribution in [0.15, 0.2) is 137 Å². The van der Waals surface area contributed by atoms with E-state index in [4.69, 9.17) is 14.6 Å². The number of aliphatic carboxylic acids is 1. The summed E-state index contributed by atoms with van der Waals surface area (Å²) in [5.41, 5.74) is 1.53. The second kappa shape index (κ2) is 15.3. The monoisotopic (exact) mass is 764 g/mol. The molecule has 274 valence electrons. The lowest BCUT2D eigenvalue weighted by atomic mass is 9.77. The number of β-lactam (4-membered cyclic amide) rings is 1. The van der Waals surface area contributed by atoms with Crippen molar-refractivity contribution in [1.82, 2.24) is 15.2 Å². The number of nitrogens with zero attached hydrogens (tertiary/aromatic N) is 4. The number of thiazole rings is 1.